The number of rotatable bonds is 2. The van der Waals surface area contributed by atoms with E-state index in [0.29, 0.717) is 0 Å². The summed E-state index contributed by atoms with van der Waals surface area (Å²) in [6.45, 7) is 2.21. The topological polar surface area (TPSA) is 48.1 Å². The predicted octanol–water partition coefficient (Wildman–Crippen LogP) is 3.29. The van der Waals surface area contributed by atoms with Crippen molar-refractivity contribution in [1.29, 1.82) is 0 Å². The van der Waals surface area contributed by atoms with Crippen LogP contribution >= 0.6 is 11.3 Å². The molecule has 0 saturated heterocycles. The SMILES string of the molecule is C/C(=N\N=c1\sc2ccccc2n1C)c1ccc2c(c1)OCO2. The van der Waals surface area contributed by atoms with Crippen LogP contribution in [0.1, 0.15) is 12.5 Å². The van der Waals surface area contributed by atoms with Crippen LogP contribution in [0.2, 0.25) is 0 Å². The molecular formula is C17H15N3O2S. The number of hydrogen-bond acceptors (Lipinski definition) is 5. The van der Waals surface area contributed by atoms with Gasteiger partial charge >= 0.3 is 0 Å². The standard InChI is InChI=1S/C17H15N3O2S/c1-11(12-7-8-14-15(9-12)22-10-21-14)18-19-17-20(2)13-5-3-4-6-16(13)23-17/h3-9H,10H2,1-2H3/b18-11+,19-17+. The van der Waals surface area contributed by atoms with Crippen LogP contribution in [0.3, 0.4) is 0 Å². The summed E-state index contributed by atoms with van der Waals surface area (Å²) in [7, 11) is 2.00. The number of benzene rings is 2. The number of para-hydroxylation sites is 1. The molecule has 0 N–H and O–H groups in total. The largest absolute Gasteiger partial charge is 0.454 e. The Balaban J connectivity index is 1.73. The number of aromatic nitrogens is 1. The van der Waals surface area contributed by atoms with Gasteiger partial charge in [-0.15, -0.1) is 5.10 Å². The molecule has 5 nitrogen and oxygen atoms in total. The quantitative estimate of drug-likeness (QED) is 0.536. The maximum atomic E-state index is 5.40. The maximum absolute atomic E-state index is 5.40. The number of aryl methyl sites for hydroxylation is 1. The third kappa shape index (κ3) is 2.51. The number of nitrogens with zero attached hydrogens (tertiary/aromatic N) is 3. The Hall–Kier alpha value is -2.60. The summed E-state index contributed by atoms with van der Waals surface area (Å²) in [4.78, 5) is 0.867. The van der Waals surface area contributed by atoms with E-state index in [1.165, 1.54) is 4.70 Å². The lowest BCUT2D eigenvalue weighted by atomic mass is 10.1. The lowest BCUT2D eigenvalue weighted by Crippen LogP contribution is -2.09. The highest BCUT2D eigenvalue weighted by Gasteiger charge is 2.13. The van der Waals surface area contributed by atoms with Crippen molar-refractivity contribution in [3.8, 4) is 11.5 Å². The average molecular weight is 325 g/mol. The van der Waals surface area contributed by atoms with E-state index in [4.69, 9.17) is 9.47 Å². The Morgan fingerprint density at radius 3 is 2.83 bits per heavy atom. The van der Waals surface area contributed by atoms with E-state index >= 15 is 0 Å². The van der Waals surface area contributed by atoms with Crippen molar-refractivity contribution in [1.82, 2.24) is 4.57 Å². The zero-order chi connectivity index (χ0) is 15.8. The zero-order valence-electron chi connectivity index (χ0n) is 12.8. The Morgan fingerprint density at radius 1 is 1.13 bits per heavy atom. The van der Waals surface area contributed by atoms with E-state index in [2.05, 4.69) is 26.9 Å². The van der Waals surface area contributed by atoms with Crippen LogP contribution < -0.4 is 14.3 Å². The molecule has 23 heavy (non-hydrogen) atoms. The second-order valence-corrected chi connectivity index (χ2v) is 6.27. The molecule has 3 aromatic rings. The second kappa shape index (κ2) is 5.55. The molecule has 0 unspecified atom stereocenters. The molecule has 6 heteroatoms. The molecule has 4 rings (SSSR count). The van der Waals surface area contributed by atoms with E-state index in [9.17, 15) is 0 Å². The Bertz CT molecular complexity index is 985. The van der Waals surface area contributed by atoms with E-state index in [0.717, 1.165) is 33.1 Å². The highest BCUT2D eigenvalue weighted by Crippen LogP contribution is 2.32. The summed E-state index contributed by atoms with van der Waals surface area (Å²) in [5, 5.41) is 8.79. The van der Waals surface area contributed by atoms with E-state index in [1.54, 1.807) is 11.3 Å². The molecule has 0 amide bonds. The summed E-state index contributed by atoms with van der Waals surface area (Å²) in [6.07, 6.45) is 0. The van der Waals surface area contributed by atoms with Crippen molar-refractivity contribution in [3.63, 3.8) is 0 Å². The molecule has 2 heterocycles. The normalized spacial score (nSPS) is 14.7. The van der Waals surface area contributed by atoms with Crippen LogP contribution in [-0.4, -0.2) is 17.1 Å². The molecule has 0 saturated carbocycles. The van der Waals surface area contributed by atoms with Crippen LogP contribution in [0.15, 0.2) is 52.7 Å². The first-order valence-electron chi connectivity index (χ1n) is 7.25. The van der Waals surface area contributed by atoms with Crippen LogP contribution in [0.25, 0.3) is 10.2 Å². The van der Waals surface area contributed by atoms with E-state index < -0.39 is 0 Å². The minimum atomic E-state index is 0.275. The summed E-state index contributed by atoms with van der Waals surface area (Å²) in [6, 6.07) is 14.0. The van der Waals surface area contributed by atoms with Gasteiger partial charge in [-0.3, -0.25) is 0 Å². The lowest BCUT2D eigenvalue weighted by Gasteiger charge is -2.00. The Morgan fingerprint density at radius 2 is 1.96 bits per heavy atom. The highest BCUT2D eigenvalue weighted by atomic mass is 32.1. The van der Waals surface area contributed by atoms with Crippen LogP contribution in [0.4, 0.5) is 0 Å². The van der Waals surface area contributed by atoms with Crippen molar-refractivity contribution >= 4 is 27.3 Å². The van der Waals surface area contributed by atoms with Gasteiger partial charge in [0.1, 0.15) is 0 Å². The zero-order valence-corrected chi connectivity index (χ0v) is 13.6. The number of thiazole rings is 1. The van der Waals surface area contributed by atoms with Gasteiger partial charge in [0.25, 0.3) is 0 Å². The molecule has 0 radical (unpaired) electrons. The smallest absolute Gasteiger partial charge is 0.231 e. The van der Waals surface area contributed by atoms with Crippen LogP contribution in [-0.2, 0) is 7.05 Å². The van der Waals surface area contributed by atoms with Gasteiger partial charge in [0, 0.05) is 12.6 Å². The number of fused-ring (bicyclic) bond motifs is 2. The Labute approximate surface area is 137 Å². The van der Waals surface area contributed by atoms with Crippen molar-refractivity contribution in [2.75, 3.05) is 6.79 Å². The molecule has 2 aromatic carbocycles. The fraction of sp³-hybridized carbons (Fsp3) is 0.176. The van der Waals surface area contributed by atoms with Crippen LogP contribution in [0.5, 0.6) is 11.5 Å². The molecule has 1 aromatic heterocycles. The molecule has 1 aliphatic rings. The predicted molar refractivity (Wildman–Crippen MR) is 91.1 cm³/mol. The summed E-state index contributed by atoms with van der Waals surface area (Å²) >= 11 is 1.63. The molecule has 0 spiro atoms. The summed E-state index contributed by atoms with van der Waals surface area (Å²) < 4.78 is 14.0. The van der Waals surface area contributed by atoms with Gasteiger partial charge in [0.05, 0.1) is 15.9 Å². The van der Waals surface area contributed by atoms with Crippen molar-refractivity contribution in [3.05, 3.63) is 52.8 Å². The molecular weight excluding hydrogens is 310 g/mol. The van der Waals surface area contributed by atoms with Crippen LogP contribution in [0, 0.1) is 0 Å². The molecule has 0 bridgehead atoms. The maximum Gasteiger partial charge on any atom is 0.231 e. The second-order valence-electron chi connectivity index (χ2n) is 5.26. The van der Waals surface area contributed by atoms with Gasteiger partial charge in [0.2, 0.25) is 11.6 Å². The summed E-state index contributed by atoms with van der Waals surface area (Å²) in [5.74, 6) is 1.53. The van der Waals surface area contributed by atoms with Gasteiger partial charge in [-0.05, 0) is 37.3 Å². The minimum Gasteiger partial charge on any atom is -0.454 e. The molecule has 0 atom stereocenters. The van der Waals surface area contributed by atoms with Gasteiger partial charge in [0.15, 0.2) is 11.5 Å². The first-order valence-corrected chi connectivity index (χ1v) is 8.07. The van der Waals surface area contributed by atoms with Crippen molar-refractivity contribution in [2.45, 2.75) is 6.92 Å². The van der Waals surface area contributed by atoms with Crippen molar-refractivity contribution < 1.29 is 9.47 Å². The van der Waals surface area contributed by atoms with Crippen molar-refractivity contribution in [2.24, 2.45) is 17.3 Å². The van der Waals surface area contributed by atoms with Gasteiger partial charge < -0.3 is 14.0 Å². The van der Waals surface area contributed by atoms with Gasteiger partial charge in [-0.25, -0.2) is 0 Å². The van der Waals surface area contributed by atoms with E-state index in [-0.39, 0.29) is 6.79 Å². The van der Waals surface area contributed by atoms with Gasteiger partial charge in [-0.2, -0.15) is 5.10 Å². The lowest BCUT2D eigenvalue weighted by molar-refractivity contribution is 0.174. The summed E-state index contributed by atoms with van der Waals surface area (Å²) in [5.41, 5.74) is 2.97. The minimum absolute atomic E-state index is 0.275. The average Bonchev–Trinajstić information content (AvgIpc) is 3.17. The Kier molecular flexibility index (Phi) is 3.38. The number of hydrogen-bond donors (Lipinski definition) is 0. The molecule has 0 aliphatic carbocycles. The molecule has 1 aliphatic heterocycles. The third-order valence-electron chi connectivity index (χ3n) is 3.79. The highest BCUT2D eigenvalue weighted by molar-refractivity contribution is 7.16. The third-order valence-corrected chi connectivity index (χ3v) is 4.89. The molecule has 116 valence electrons. The number of ether oxygens (including phenoxy) is 2. The fourth-order valence-corrected chi connectivity index (χ4v) is 3.44. The van der Waals surface area contributed by atoms with E-state index in [1.807, 2.05) is 44.3 Å². The fourth-order valence-electron chi connectivity index (χ4n) is 2.48. The molecule has 0 fully saturated rings. The monoisotopic (exact) mass is 325 g/mol. The first kappa shape index (κ1) is 14.0. The first-order chi connectivity index (χ1) is 11.2. The van der Waals surface area contributed by atoms with Gasteiger partial charge in [-0.1, -0.05) is 23.5 Å².